The van der Waals surface area contributed by atoms with Crippen molar-refractivity contribution in [3.63, 3.8) is 0 Å². The van der Waals surface area contributed by atoms with Crippen LogP contribution >= 0.6 is 0 Å². The molecule has 0 aromatic carbocycles. The van der Waals surface area contributed by atoms with E-state index in [1.165, 1.54) is 0 Å². The number of nitrogens with two attached hydrogens (primary N) is 1. The second-order valence-electron chi connectivity index (χ2n) is 4.99. The molecule has 0 unspecified atom stereocenters. The van der Waals surface area contributed by atoms with Crippen LogP contribution in [0.15, 0.2) is 0 Å². The highest BCUT2D eigenvalue weighted by atomic mass is 16.4. The van der Waals surface area contributed by atoms with Gasteiger partial charge in [0, 0.05) is 13.0 Å². The number of carbonyl (C=O) groups is 3. The van der Waals surface area contributed by atoms with E-state index in [9.17, 15) is 14.4 Å². The molecule has 0 saturated carbocycles. The van der Waals surface area contributed by atoms with Crippen molar-refractivity contribution >= 4 is 17.8 Å². The molecule has 0 bridgehead atoms. The third-order valence-electron chi connectivity index (χ3n) is 2.38. The van der Waals surface area contributed by atoms with E-state index >= 15 is 0 Å². The van der Waals surface area contributed by atoms with Gasteiger partial charge >= 0.3 is 11.9 Å². The zero-order chi connectivity index (χ0) is 14.3. The molecule has 104 valence electrons. The number of nitrogens with one attached hydrogen (secondary N) is 1. The highest BCUT2D eigenvalue weighted by molar-refractivity contribution is 5.82. The minimum atomic E-state index is -1.01. The van der Waals surface area contributed by atoms with Gasteiger partial charge in [0.05, 0.1) is 12.5 Å². The van der Waals surface area contributed by atoms with Crippen molar-refractivity contribution in [2.45, 2.75) is 39.2 Å². The SMILES string of the molecule is CC(C)(CNC(=O)[C@@H](N)CCC(=O)O)CC(=O)O. The molecule has 0 rings (SSSR count). The molecule has 0 aliphatic rings. The van der Waals surface area contributed by atoms with Crippen molar-refractivity contribution in [1.29, 1.82) is 0 Å². The Labute approximate surface area is 105 Å². The van der Waals surface area contributed by atoms with Gasteiger partial charge in [0.2, 0.25) is 5.91 Å². The van der Waals surface area contributed by atoms with Gasteiger partial charge in [-0.3, -0.25) is 14.4 Å². The van der Waals surface area contributed by atoms with Crippen LogP contribution in [0.5, 0.6) is 0 Å². The monoisotopic (exact) mass is 260 g/mol. The normalized spacial score (nSPS) is 12.8. The zero-order valence-electron chi connectivity index (χ0n) is 10.6. The van der Waals surface area contributed by atoms with E-state index in [4.69, 9.17) is 15.9 Å². The maximum absolute atomic E-state index is 11.5. The summed E-state index contributed by atoms with van der Waals surface area (Å²) in [4.78, 5) is 32.4. The molecule has 0 saturated heterocycles. The predicted molar refractivity (Wildman–Crippen MR) is 63.9 cm³/mol. The number of hydrogen-bond donors (Lipinski definition) is 4. The summed E-state index contributed by atoms with van der Waals surface area (Å²) in [7, 11) is 0. The minimum absolute atomic E-state index is 0.0561. The van der Waals surface area contributed by atoms with Gasteiger partial charge < -0.3 is 21.3 Å². The van der Waals surface area contributed by atoms with Crippen molar-refractivity contribution in [1.82, 2.24) is 5.32 Å². The van der Waals surface area contributed by atoms with Gasteiger partial charge in [-0.15, -0.1) is 0 Å². The average Bonchev–Trinajstić information content (AvgIpc) is 2.20. The summed E-state index contributed by atoms with van der Waals surface area (Å²) in [5.41, 5.74) is 4.93. The van der Waals surface area contributed by atoms with E-state index in [0.29, 0.717) is 0 Å². The molecule has 0 spiro atoms. The summed E-state index contributed by atoms with van der Waals surface area (Å²) >= 11 is 0. The largest absolute Gasteiger partial charge is 0.481 e. The smallest absolute Gasteiger partial charge is 0.303 e. The molecule has 0 fully saturated rings. The van der Waals surface area contributed by atoms with Crippen LogP contribution in [-0.4, -0.2) is 40.6 Å². The van der Waals surface area contributed by atoms with Gasteiger partial charge in [0.1, 0.15) is 0 Å². The molecule has 7 heteroatoms. The fourth-order valence-electron chi connectivity index (χ4n) is 1.34. The van der Waals surface area contributed by atoms with E-state index in [1.54, 1.807) is 13.8 Å². The first-order valence-electron chi connectivity index (χ1n) is 5.61. The average molecular weight is 260 g/mol. The van der Waals surface area contributed by atoms with E-state index in [1.807, 2.05) is 0 Å². The molecular formula is C11H20N2O5. The minimum Gasteiger partial charge on any atom is -0.481 e. The van der Waals surface area contributed by atoms with E-state index in [-0.39, 0.29) is 25.8 Å². The fraction of sp³-hybridized carbons (Fsp3) is 0.727. The summed E-state index contributed by atoms with van der Waals surface area (Å²) < 4.78 is 0. The molecule has 18 heavy (non-hydrogen) atoms. The van der Waals surface area contributed by atoms with Gasteiger partial charge in [-0.1, -0.05) is 13.8 Å². The van der Waals surface area contributed by atoms with Gasteiger partial charge in [0.15, 0.2) is 0 Å². The molecule has 0 aliphatic heterocycles. The molecule has 7 nitrogen and oxygen atoms in total. The van der Waals surface area contributed by atoms with Gasteiger partial charge in [-0.2, -0.15) is 0 Å². The standard InChI is InChI=1S/C11H20N2O5/c1-11(2,5-9(16)17)6-13-10(18)7(12)3-4-8(14)15/h7H,3-6,12H2,1-2H3,(H,13,18)(H,14,15)(H,16,17)/t7-/m0/s1. The first-order chi connectivity index (χ1) is 8.14. The van der Waals surface area contributed by atoms with Gasteiger partial charge in [0.25, 0.3) is 0 Å². The number of carbonyl (C=O) groups excluding carboxylic acids is 1. The van der Waals surface area contributed by atoms with E-state index < -0.39 is 29.3 Å². The van der Waals surface area contributed by atoms with Crippen LogP contribution < -0.4 is 11.1 Å². The Morgan fingerprint density at radius 3 is 2.22 bits per heavy atom. The highest BCUT2D eigenvalue weighted by Gasteiger charge is 2.24. The van der Waals surface area contributed by atoms with Crippen LogP contribution in [0.3, 0.4) is 0 Å². The molecule has 0 aromatic heterocycles. The molecular weight excluding hydrogens is 240 g/mol. The lowest BCUT2D eigenvalue weighted by molar-refractivity contribution is -0.140. The zero-order valence-corrected chi connectivity index (χ0v) is 10.6. The molecule has 0 aromatic rings. The Bertz CT molecular complexity index is 327. The summed E-state index contributed by atoms with van der Waals surface area (Å²) in [6, 6.07) is -0.887. The molecule has 0 heterocycles. The fourth-order valence-corrected chi connectivity index (χ4v) is 1.34. The summed E-state index contributed by atoms with van der Waals surface area (Å²) in [5, 5.41) is 19.6. The summed E-state index contributed by atoms with van der Waals surface area (Å²) in [6.07, 6.45) is -0.189. The Hall–Kier alpha value is -1.63. The third kappa shape index (κ3) is 7.61. The lowest BCUT2D eigenvalue weighted by Crippen LogP contribution is -2.44. The third-order valence-corrected chi connectivity index (χ3v) is 2.38. The van der Waals surface area contributed by atoms with Crippen LogP contribution in [0.2, 0.25) is 0 Å². The van der Waals surface area contributed by atoms with E-state index in [2.05, 4.69) is 5.32 Å². The molecule has 0 radical (unpaired) electrons. The number of amides is 1. The highest BCUT2D eigenvalue weighted by Crippen LogP contribution is 2.18. The topological polar surface area (TPSA) is 130 Å². The number of carboxylic acids is 2. The van der Waals surface area contributed by atoms with Crippen LogP contribution in [0.4, 0.5) is 0 Å². The van der Waals surface area contributed by atoms with Crippen LogP contribution in [0, 0.1) is 5.41 Å². The van der Waals surface area contributed by atoms with Crippen molar-refractivity contribution in [2.75, 3.05) is 6.54 Å². The predicted octanol–water partition coefficient (Wildman–Crippen LogP) is -0.204. The molecule has 5 N–H and O–H groups in total. The number of rotatable bonds is 8. The first kappa shape index (κ1) is 16.4. The maximum atomic E-state index is 11.5. The number of aliphatic carboxylic acids is 2. The second-order valence-corrected chi connectivity index (χ2v) is 4.99. The van der Waals surface area contributed by atoms with Crippen molar-refractivity contribution in [3.8, 4) is 0 Å². The number of hydrogen-bond acceptors (Lipinski definition) is 4. The quantitative estimate of drug-likeness (QED) is 0.478. The van der Waals surface area contributed by atoms with Crippen molar-refractivity contribution in [3.05, 3.63) is 0 Å². The van der Waals surface area contributed by atoms with Gasteiger partial charge in [-0.25, -0.2) is 0 Å². The van der Waals surface area contributed by atoms with Gasteiger partial charge in [-0.05, 0) is 11.8 Å². The van der Waals surface area contributed by atoms with Crippen LogP contribution in [0.1, 0.15) is 33.1 Å². The maximum Gasteiger partial charge on any atom is 0.303 e. The molecule has 1 amide bonds. The van der Waals surface area contributed by atoms with Crippen LogP contribution in [0.25, 0.3) is 0 Å². The first-order valence-corrected chi connectivity index (χ1v) is 5.61. The Morgan fingerprint density at radius 1 is 1.22 bits per heavy atom. The summed E-state index contributed by atoms with van der Waals surface area (Å²) in [6.45, 7) is 3.60. The second kappa shape index (κ2) is 6.95. The van der Waals surface area contributed by atoms with Crippen molar-refractivity contribution < 1.29 is 24.6 Å². The molecule has 1 atom stereocenters. The number of carboxylic acid groups (broad SMARTS) is 2. The Morgan fingerprint density at radius 2 is 1.78 bits per heavy atom. The lowest BCUT2D eigenvalue weighted by Gasteiger charge is -2.23. The lowest BCUT2D eigenvalue weighted by atomic mass is 9.89. The van der Waals surface area contributed by atoms with Crippen LogP contribution in [-0.2, 0) is 14.4 Å². The summed E-state index contributed by atoms with van der Waals surface area (Å²) in [5.74, 6) is -2.41. The Balaban J connectivity index is 4.08. The van der Waals surface area contributed by atoms with E-state index in [0.717, 1.165) is 0 Å². The molecule has 0 aliphatic carbocycles. The Kier molecular flexibility index (Phi) is 6.32. The van der Waals surface area contributed by atoms with Crippen molar-refractivity contribution in [2.24, 2.45) is 11.1 Å².